The van der Waals surface area contributed by atoms with Crippen molar-refractivity contribution in [3.63, 3.8) is 0 Å². The second kappa shape index (κ2) is 13.0. The van der Waals surface area contributed by atoms with E-state index in [-0.39, 0.29) is 6.04 Å². The standard InChI is InChI=1S/C51H45N/c1-2-34-24-25-37(30-34)35-14-6-7-15-36(27-26-35)48-33-50-51(45-23-13-12-22-44(45)48)46-29-28-39(32-49(46)52(50)40-17-4-3-5-18-40)47-31-38-16-8-9-19-41(38)42-20-10-11-21-43(42)47/h3-5,8-13,16-17,19-23,25-33,38,40-41H,2,6-7,14-15,18,24H2,1H3/b35-26+,36-27+. The normalized spacial score (nSPS) is 24.4. The zero-order valence-corrected chi connectivity index (χ0v) is 30.1. The van der Waals surface area contributed by atoms with Crippen LogP contribution in [0.25, 0.3) is 43.7 Å². The third-order valence-electron chi connectivity index (χ3n) is 12.3. The average molecular weight is 672 g/mol. The number of hydrogen-bond donors (Lipinski definition) is 0. The van der Waals surface area contributed by atoms with Crippen LogP contribution in [0, 0.1) is 5.92 Å². The summed E-state index contributed by atoms with van der Waals surface area (Å²) >= 11 is 0. The summed E-state index contributed by atoms with van der Waals surface area (Å²) in [5, 5.41) is 5.43. The second-order valence-electron chi connectivity index (χ2n) is 15.2. The lowest BCUT2D eigenvalue weighted by Gasteiger charge is -2.31. The molecule has 3 atom stereocenters. The summed E-state index contributed by atoms with van der Waals surface area (Å²) in [6.45, 7) is 2.28. The fraction of sp³-hybridized carbons (Fsp3) is 0.216. The van der Waals surface area contributed by atoms with E-state index in [9.17, 15) is 0 Å². The molecular weight excluding hydrogens is 627 g/mol. The van der Waals surface area contributed by atoms with Gasteiger partial charge in [0.15, 0.2) is 0 Å². The Hall–Kier alpha value is -5.40. The Bertz CT molecular complexity index is 2560. The van der Waals surface area contributed by atoms with E-state index in [1.807, 2.05) is 0 Å². The van der Waals surface area contributed by atoms with E-state index >= 15 is 0 Å². The van der Waals surface area contributed by atoms with Crippen molar-refractivity contribution in [3.05, 3.63) is 191 Å². The summed E-state index contributed by atoms with van der Waals surface area (Å²) in [6.07, 6.45) is 38.6. The third-order valence-corrected chi connectivity index (χ3v) is 12.3. The van der Waals surface area contributed by atoms with Crippen molar-refractivity contribution in [1.29, 1.82) is 0 Å². The minimum absolute atomic E-state index is 0.254. The predicted molar refractivity (Wildman–Crippen MR) is 223 cm³/mol. The van der Waals surface area contributed by atoms with Gasteiger partial charge in [0.1, 0.15) is 0 Å². The molecule has 1 aromatic heterocycles. The van der Waals surface area contributed by atoms with Gasteiger partial charge in [0, 0.05) is 22.6 Å². The number of aromatic nitrogens is 1. The van der Waals surface area contributed by atoms with Gasteiger partial charge in [-0.1, -0.05) is 152 Å². The first-order chi connectivity index (χ1) is 25.7. The van der Waals surface area contributed by atoms with E-state index in [0.717, 1.165) is 32.1 Å². The highest BCUT2D eigenvalue weighted by Gasteiger charge is 2.29. The Labute approximate surface area is 307 Å². The molecule has 0 spiro atoms. The van der Waals surface area contributed by atoms with Crippen LogP contribution in [0.5, 0.6) is 0 Å². The summed E-state index contributed by atoms with van der Waals surface area (Å²) in [4.78, 5) is 0. The molecule has 0 fully saturated rings. The quantitative estimate of drug-likeness (QED) is 0.175. The van der Waals surface area contributed by atoms with Gasteiger partial charge in [-0.05, 0) is 112 Å². The molecule has 5 aromatic rings. The number of benzene rings is 4. The van der Waals surface area contributed by atoms with E-state index < -0.39 is 0 Å². The van der Waals surface area contributed by atoms with E-state index in [4.69, 9.17) is 0 Å². The molecule has 0 radical (unpaired) electrons. The van der Waals surface area contributed by atoms with Crippen LogP contribution in [-0.4, -0.2) is 4.57 Å². The van der Waals surface area contributed by atoms with E-state index in [0.29, 0.717) is 11.8 Å². The summed E-state index contributed by atoms with van der Waals surface area (Å²) in [7, 11) is 0. The Morgan fingerprint density at radius 1 is 0.712 bits per heavy atom. The maximum atomic E-state index is 2.66. The van der Waals surface area contributed by atoms with Crippen molar-refractivity contribution >= 4 is 43.7 Å². The largest absolute Gasteiger partial charge is 0.333 e. The molecule has 52 heavy (non-hydrogen) atoms. The van der Waals surface area contributed by atoms with Crippen molar-refractivity contribution < 1.29 is 0 Å². The van der Waals surface area contributed by atoms with Gasteiger partial charge in [-0.25, -0.2) is 0 Å². The zero-order chi connectivity index (χ0) is 34.6. The molecule has 0 saturated carbocycles. The Balaban J connectivity index is 1.19. The lowest BCUT2D eigenvalue weighted by Crippen LogP contribution is -2.16. The summed E-state index contributed by atoms with van der Waals surface area (Å²) in [6, 6.07) is 28.3. The van der Waals surface area contributed by atoms with Crippen LogP contribution in [0.1, 0.15) is 86.1 Å². The number of nitrogens with zero attached hydrogens (tertiary/aromatic N) is 1. The first-order valence-corrected chi connectivity index (χ1v) is 19.5. The topological polar surface area (TPSA) is 4.93 Å². The van der Waals surface area contributed by atoms with Gasteiger partial charge < -0.3 is 4.57 Å². The minimum Gasteiger partial charge on any atom is -0.333 e. The number of hydrogen-bond acceptors (Lipinski definition) is 0. The maximum Gasteiger partial charge on any atom is 0.0560 e. The predicted octanol–water partition coefficient (Wildman–Crippen LogP) is 13.8. The van der Waals surface area contributed by atoms with Crippen molar-refractivity contribution in [2.45, 2.75) is 63.8 Å². The first kappa shape index (κ1) is 31.3. The molecule has 5 aliphatic carbocycles. The van der Waals surface area contributed by atoms with E-state index in [1.54, 1.807) is 5.57 Å². The molecule has 254 valence electrons. The van der Waals surface area contributed by atoms with Crippen molar-refractivity contribution in [2.75, 3.05) is 0 Å². The zero-order valence-electron chi connectivity index (χ0n) is 30.1. The number of rotatable bonds is 5. The van der Waals surface area contributed by atoms with Gasteiger partial charge >= 0.3 is 0 Å². The van der Waals surface area contributed by atoms with Crippen LogP contribution in [-0.2, 0) is 0 Å². The molecule has 0 aliphatic heterocycles. The summed E-state index contributed by atoms with van der Waals surface area (Å²) in [5.41, 5.74) is 15.4. The molecule has 0 amide bonds. The van der Waals surface area contributed by atoms with Crippen LogP contribution in [0.2, 0.25) is 0 Å². The fourth-order valence-corrected chi connectivity index (χ4v) is 9.63. The molecular formula is C51H45N. The van der Waals surface area contributed by atoms with Crippen LogP contribution < -0.4 is 0 Å². The second-order valence-corrected chi connectivity index (χ2v) is 15.2. The molecule has 0 N–H and O–H groups in total. The van der Waals surface area contributed by atoms with Crippen molar-refractivity contribution in [1.82, 2.24) is 4.57 Å². The fourth-order valence-electron chi connectivity index (χ4n) is 9.63. The van der Waals surface area contributed by atoms with Gasteiger partial charge in [0.25, 0.3) is 0 Å². The third kappa shape index (κ3) is 5.21. The Kier molecular flexibility index (Phi) is 7.82. The van der Waals surface area contributed by atoms with Crippen molar-refractivity contribution in [3.8, 4) is 0 Å². The van der Waals surface area contributed by atoms with Crippen LogP contribution in [0.3, 0.4) is 0 Å². The molecule has 1 nitrogen and oxygen atoms in total. The molecule has 3 unspecified atom stereocenters. The number of allylic oxidation sites excluding steroid dienone is 17. The molecule has 4 aromatic carbocycles. The highest BCUT2D eigenvalue weighted by Crippen LogP contribution is 2.46. The molecule has 1 heterocycles. The minimum atomic E-state index is 0.254. The van der Waals surface area contributed by atoms with E-state index in [1.165, 1.54) is 90.0 Å². The van der Waals surface area contributed by atoms with Gasteiger partial charge in [-0.15, -0.1) is 0 Å². The molecule has 5 aliphatic rings. The van der Waals surface area contributed by atoms with Crippen LogP contribution in [0.4, 0.5) is 0 Å². The smallest absolute Gasteiger partial charge is 0.0560 e. The van der Waals surface area contributed by atoms with Gasteiger partial charge in [-0.3, -0.25) is 0 Å². The lowest BCUT2D eigenvalue weighted by molar-refractivity contribution is 0.648. The lowest BCUT2D eigenvalue weighted by atomic mass is 9.73. The van der Waals surface area contributed by atoms with Crippen LogP contribution in [0.15, 0.2) is 169 Å². The average Bonchev–Trinajstić information content (AvgIpc) is 3.80. The SMILES string of the molecule is CCC1=CC(/C2=C/C=C(/c3cc4c(c5ccccc35)c3ccc(C5=CC6C=CC=CC6c6ccccc65)cc3n4C3C=CC=CC3)CCCC2)=CC1. The number of fused-ring (bicyclic) bond motifs is 8. The monoisotopic (exact) mass is 671 g/mol. The Morgan fingerprint density at radius 2 is 1.52 bits per heavy atom. The highest BCUT2D eigenvalue weighted by atomic mass is 15.0. The molecule has 0 saturated heterocycles. The summed E-state index contributed by atoms with van der Waals surface area (Å²) < 4.78 is 2.66. The van der Waals surface area contributed by atoms with Gasteiger partial charge in [0.05, 0.1) is 17.1 Å². The highest BCUT2D eigenvalue weighted by molar-refractivity contribution is 6.23. The van der Waals surface area contributed by atoms with E-state index in [2.05, 4.69) is 163 Å². The first-order valence-electron chi connectivity index (χ1n) is 19.5. The Morgan fingerprint density at radius 3 is 2.38 bits per heavy atom. The van der Waals surface area contributed by atoms with Crippen molar-refractivity contribution in [2.24, 2.45) is 5.92 Å². The van der Waals surface area contributed by atoms with Crippen LogP contribution >= 0.6 is 0 Å². The summed E-state index contributed by atoms with van der Waals surface area (Å²) in [5.74, 6) is 0.772. The van der Waals surface area contributed by atoms with Gasteiger partial charge in [-0.2, -0.15) is 0 Å². The molecule has 10 rings (SSSR count). The molecule has 0 bridgehead atoms. The molecule has 1 heteroatoms. The van der Waals surface area contributed by atoms with Gasteiger partial charge in [0.2, 0.25) is 0 Å². The maximum absolute atomic E-state index is 2.66.